The van der Waals surface area contributed by atoms with Crippen LogP contribution in [0.5, 0.6) is 11.5 Å². The van der Waals surface area contributed by atoms with Crippen molar-refractivity contribution in [3.63, 3.8) is 0 Å². The largest absolute Gasteiger partial charge is 0.493 e. The molecule has 0 saturated heterocycles. The maximum absolute atomic E-state index is 12.4. The maximum Gasteiger partial charge on any atom is 0.261 e. The number of carbonyl (C=O) groups excluding carboxylic acids is 4. The normalized spacial score (nSPS) is 14.1. The van der Waals surface area contributed by atoms with E-state index in [0.717, 1.165) is 21.2 Å². The number of ether oxygens (including phenoxy) is 2. The number of hydrogen-bond acceptors (Lipinski definition) is 6. The first-order valence-electron chi connectivity index (χ1n) is 12.7. The Morgan fingerprint density at radius 2 is 1.00 bits per heavy atom. The van der Waals surface area contributed by atoms with Gasteiger partial charge < -0.3 is 9.47 Å². The summed E-state index contributed by atoms with van der Waals surface area (Å²) in [6.45, 7) is 6.74. The summed E-state index contributed by atoms with van der Waals surface area (Å²) in [5.41, 5.74) is 3.30. The highest BCUT2D eigenvalue weighted by Gasteiger charge is 2.32. The Kier molecular flexibility index (Phi) is 6.56. The summed E-state index contributed by atoms with van der Waals surface area (Å²) < 4.78 is 11.3. The standard InChI is InChI=1S/C17H17NO4.C14H11NO2/c1-4-21-12-8-6-10-14-11(17(20)18(3)16(10)19)7-9-13(15(12)14)22-5-2;1-8-6-7-11-12-9(8)4-3-5-10(12)13(16)15(2)14(11)17/h6-9H,4-5H2,1-3H3;3-7H,1-2H3. The molecule has 0 unspecified atom stereocenters. The third-order valence-corrected chi connectivity index (χ3v) is 7.08. The molecule has 0 spiro atoms. The minimum absolute atomic E-state index is 0.223. The summed E-state index contributed by atoms with van der Waals surface area (Å²) in [5, 5.41) is 3.08. The molecule has 198 valence electrons. The summed E-state index contributed by atoms with van der Waals surface area (Å²) >= 11 is 0. The molecular weight excluding hydrogens is 496 g/mol. The van der Waals surface area contributed by atoms with Crippen LogP contribution in [-0.2, 0) is 0 Å². The van der Waals surface area contributed by atoms with Crippen LogP contribution >= 0.6 is 0 Å². The Bertz CT molecular complexity index is 1620. The van der Waals surface area contributed by atoms with Crippen molar-refractivity contribution in [2.45, 2.75) is 20.8 Å². The van der Waals surface area contributed by atoms with Gasteiger partial charge in [-0.2, -0.15) is 0 Å². The monoisotopic (exact) mass is 524 g/mol. The average molecular weight is 525 g/mol. The van der Waals surface area contributed by atoms with Crippen LogP contribution in [0.15, 0.2) is 54.6 Å². The number of nitrogens with zero attached hydrogens (tertiary/aromatic N) is 2. The highest BCUT2D eigenvalue weighted by atomic mass is 16.5. The van der Waals surface area contributed by atoms with Gasteiger partial charge in [0.15, 0.2) is 0 Å². The van der Waals surface area contributed by atoms with Gasteiger partial charge in [-0.1, -0.05) is 18.2 Å². The second kappa shape index (κ2) is 9.87. The van der Waals surface area contributed by atoms with Crippen LogP contribution in [0.25, 0.3) is 21.5 Å². The van der Waals surface area contributed by atoms with Crippen molar-refractivity contribution in [2.24, 2.45) is 0 Å². The van der Waals surface area contributed by atoms with Gasteiger partial charge in [0.05, 0.1) is 18.6 Å². The molecule has 4 amide bonds. The summed E-state index contributed by atoms with van der Waals surface area (Å²) in [6.07, 6.45) is 0. The summed E-state index contributed by atoms with van der Waals surface area (Å²) in [7, 11) is 3.01. The molecule has 0 fully saturated rings. The summed E-state index contributed by atoms with van der Waals surface area (Å²) in [6, 6.07) is 16.2. The van der Waals surface area contributed by atoms with E-state index in [4.69, 9.17) is 9.47 Å². The van der Waals surface area contributed by atoms with Gasteiger partial charge in [0.25, 0.3) is 23.6 Å². The third-order valence-electron chi connectivity index (χ3n) is 7.08. The van der Waals surface area contributed by atoms with Crippen molar-refractivity contribution >= 4 is 45.2 Å². The van der Waals surface area contributed by atoms with Crippen LogP contribution in [0.3, 0.4) is 0 Å². The van der Waals surface area contributed by atoms with E-state index in [9.17, 15) is 19.2 Å². The zero-order chi connectivity index (χ0) is 28.0. The van der Waals surface area contributed by atoms with Crippen molar-refractivity contribution < 1.29 is 28.7 Å². The molecule has 2 heterocycles. The molecule has 6 rings (SSSR count). The number of carbonyl (C=O) groups is 4. The van der Waals surface area contributed by atoms with Gasteiger partial charge in [-0.25, -0.2) is 0 Å². The van der Waals surface area contributed by atoms with E-state index >= 15 is 0 Å². The topological polar surface area (TPSA) is 93.2 Å². The molecule has 0 N–H and O–H groups in total. The van der Waals surface area contributed by atoms with E-state index in [1.807, 2.05) is 39.0 Å². The Hall–Kier alpha value is -4.72. The lowest BCUT2D eigenvalue weighted by molar-refractivity contribution is 0.0635. The fourth-order valence-electron chi connectivity index (χ4n) is 5.16. The van der Waals surface area contributed by atoms with Crippen LogP contribution in [-0.4, -0.2) is 60.7 Å². The number of imide groups is 2. The van der Waals surface area contributed by atoms with Crippen LogP contribution in [0.2, 0.25) is 0 Å². The van der Waals surface area contributed by atoms with E-state index in [2.05, 4.69) is 0 Å². The molecule has 2 aliphatic heterocycles. The minimum atomic E-state index is -0.306. The predicted octanol–water partition coefficient (Wildman–Crippen LogP) is 5.24. The molecule has 4 aromatic rings. The molecule has 0 atom stereocenters. The van der Waals surface area contributed by atoms with E-state index in [-0.39, 0.29) is 23.6 Å². The van der Waals surface area contributed by atoms with E-state index in [1.165, 1.54) is 19.0 Å². The Labute approximate surface area is 225 Å². The van der Waals surface area contributed by atoms with Crippen LogP contribution in [0.4, 0.5) is 0 Å². The molecular formula is C31H28N2O6. The molecule has 0 radical (unpaired) electrons. The lowest BCUT2D eigenvalue weighted by Crippen LogP contribution is -2.36. The predicted molar refractivity (Wildman–Crippen MR) is 148 cm³/mol. The molecule has 0 saturated carbocycles. The molecule has 39 heavy (non-hydrogen) atoms. The van der Waals surface area contributed by atoms with E-state index < -0.39 is 0 Å². The van der Waals surface area contributed by atoms with Crippen LogP contribution < -0.4 is 9.47 Å². The number of benzene rings is 4. The molecule has 8 nitrogen and oxygen atoms in total. The van der Waals surface area contributed by atoms with Crippen LogP contribution in [0.1, 0.15) is 60.8 Å². The summed E-state index contributed by atoms with van der Waals surface area (Å²) in [5.74, 6) is 0.184. The lowest BCUT2D eigenvalue weighted by atomic mass is 9.92. The number of hydrogen-bond donors (Lipinski definition) is 0. The van der Waals surface area contributed by atoms with Crippen molar-refractivity contribution in [1.82, 2.24) is 9.80 Å². The zero-order valence-corrected chi connectivity index (χ0v) is 22.5. The van der Waals surface area contributed by atoms with Gasteiger partial charge in [0, 0.05) is 47.1 Å². The molecule has 0 aromatic heterocycles. The highest BCUT2D eigenvalue weighted by molar-refractivity contribution is 6.27. The molecule has 2 aliphatic rings. The van der Waals surface area contributed by atoms with E-state index in [0.29, 0.717) is 57.7 Å². The molecule has 0 bridgehead atoms. The second-order valence-electron chi connectivity index (χ2n) is 9.34. The average Bonchev–Trinajstić information content (AvgIpc) is 2.94. The number of amides is 4. The smallest absolute Gasteiger partial charge is 0.261 e. The lowest BCUT2D eigenvalue weighted by Gasteiger charge is -2.25. The minimum Gasteiger partial charge on any atom is -0.493 e. The second-order valence-corrected chi connectivity index (χ2v) is 9.34. The summed E-state index contributed by atoms with van der Waals surface area (Å²) in [4.78, 5) is 51.1. The zero-order valence-electron chi connectivity index (χ0n) is 22.5. The maximum atomic E-state index is 12.4. The van der Waals surface area contributed by atoms with Gasteiger partial charge in [-0.3, -0.25) is 29.0 Å². The van der Waals surface area contributed by atoms with Crippen molar-refractivity contribution in [2.75, 3.05) is 27.3 Å². The quantitative estimate of drug-likeness (QED) is 0.339. The fourth-order valence-corrected chi connectivity index (χ4v) is 5.16. The van der Waals surface area contributed by atoms with Gasteiger partial charge in [-0.05, 0) is 68.1 Å². The van der Waals surface area contributed by atoms with Crippen molar-refractivity contribution in [3.05, 3.63) is 82.4 Å². The third kappa shape index (κ3) is 4.00. The molecule has 4 aromatic carbocycles. The SMILES string of the molecule is CCOc1ccc2c3c(ccc(OCC)c13)C(=O)N(C)C2=O.Cc1ccc2c3c(cccc13)C(=O)N(C)C2=O. The first kappa shape index (κ1) is 25.9. The van der Waals surface area contributed by atoms with Crippen molar-refractivity contribution in [1.29, 1.82) is 0 Å². The molecule has 8 heteroatoms. The number of rotatable bonds is 4. The van der Waals surface area contributed by atoms with Crippen molar-refractivity contribution in [3.8, 4) is 11.5 Å². The number of aryl methyl sites for hydroxylation is 1. The fraction of sp³-hybridized carbons (Fsp3) is 0.226. The van der Waals surface area contributed by atoms with Crippen LogP contribution in [0, 0.1) is 6.92 Å². The molecule has 0 aliphatic carbocycles. The van der Waals surface area contributed by atoms with Gasteiger partial charge >= 0.3 is 0 Å². The Balaban J connectivity index is 0.000000163. The van der Waals surface area contributed by atoms with Gasteiger partial charge in [0.2, 0.25) is 0 Å². The van der Waals surface area contributed by atoms with E-state index in [1.54, 1.807) is 36.4 Å². The first-order chi connectivity index (χ1) is 18.7. The Morgan fingerprint density at radius 3 is 1.49 bits per heavy atom. The first-order valence-corrected chi connectivity index (χ1v) is 12.7. The Morgan fingerprint density at radius 1 is 0.564 bits per heavy atom. The highest BCUT2D eigenvalue weighted by Crippen LogP contribution is 2.41. The van der Waals surface area contributed by atoms with Gasteiger partial charge in [0.1, 0.15) is 11.5 Å². The van der Waals surface area contributed by atoms with Gasteiger partial charge in [-0.15, -0.1) is 0 Å².